The third kappa shape index (κ3) is 3.32. The van der Waals surface area contributed by atoms with Crippen molar-refractivity contribution in [2.75, 3.05) is 21.3 Å². The fourth-order valence-corrected chi connectivity index (χ4v) is 2.66. The molecule has 0 radical (unpaired) electrons. The molecule has 0 saturated carbocycles. The van der Waals surface area contributed by atoms with Gasteiger partial charge in [-0.05, 0) is 12.1 Å². The lowest BCUT2D eigenvalue weighted by Gasteiger charge is -2.12. The summed E-state index contributed by atoms with van der Waals surface area (Å²) in [6.45, 7) is 0. The number of carbonyl (C=O) groups is 1. The van der Waals surface area contributed by atoms with Gasteiger partial charge in [0.25, 0.3) is 5.91 Å². The second-order valence-electron chi connectivity index (χ2n) is 5.40. The monoisotopic (exact) mass is 353 g/mol. The molecule has 0 spiro atoms. The van der Waals surface area contributed by atoms with Crippen molar-refractivity contribution in [1.82, 2.24) is 10.4 Å². The Morgan fingerprint density at radius 3 is 2.65 bits per heavy atom. The number of benzene rings is 2. The van der Waals surface area contributed by atoms with E-state index in [0.717, 1.165) is 10.9 Å². The highest BCUT2D eigenvalue weighted by molar-refractivity contribution is 6.06. The predicted octanol–water partition coefficient (Wildman–Crippen LogP) is 2.96. The van der Waals surface area contributed by atoms with Crippen molar-refractivity contribution in [1.29, 1.82) is 0 Å². The van der Waals surface area contributed by atoms with Crippen molar-refractivity contribution in [2.45, 2.75) is 0 Å². The van der Waals surface area contributed by atoms with Gasteiger partial charge in [0.05, 0.1) is 33.1 Å². The van der Waals surface area contributed by atoms with Gasteiger partial charge in [-0.1, -0.05) is 18.2 Å². The number of rotatable bonds is 6. The summed E-state index contributed by atoms with van der Waals surface area (Å²) in [5, 5.41) is 4.87. The number of amides is 1. The Balaban J connectivity index is 1.83. The third-order valence-electron chi connectivity index (χ3n) is 3.92. The first-order valence-electron chi connectivity index (χ1n) is 7.87. The van der Waals surface area contributed by atoms with Gasteiger partial charge in [-0.2, -0.15) is 5.10 Å². The first-order valence-corrected chi connectivity index (χ1v) is 7.87. The summed E-state index contributed by atoms with van der Waals surface area (Å²) in [7, 11) is 4.63. The highest BCUT2D eigenvalue weighted by atomic mass is 16.5. The summed E-state index contributed by atoms with van der Waals surface area (Å²) in [5.41, 5.74) is 4.55. The summed E-state index contributed by atoms with van der Waals surface area (Å²) in [5.74, 6) is 1.29. The largest absolute Gasteiger partial charge is 0.497 e. The molecule has 0 aliphatic carbocycles. The van der Waals surface area contributed by atoms with E-state index in [1.807, 2.05) is 24.3 Å². The lowest BCUT2D eigenvalue weighted by Crippen LogP contribution is -2.17. The van der Waals surface area contributed by atoms with Crippen molar-refractivity contribution < 1.29 is 19.0 Å². The molecule has 0 atom stereocenters. The fraction of sp³-hybridized carbons (Fsp3) is 0.158. The maximum atomic E-state index is 12.4. The predicted molar refractivity (Wildman–Crippen MR) is 99.5 cm³/mol. The summed E-state index contributed by atoms with van der Waals surface area (Å²) < 4.78 is 15.9. The molecule has 0 unspecified atom stereocenters. The quantitative estimate of drug-likeness (QED) is 0.527. The number of H-pyrrole nitrogens is 1. The molecule has 1 aromatic heterocycles. The van der Waals surface area contributed by atoms with E-state index in [1.54, 1.807) is 25.4 Å². The Kier molecular flexibility index (Phi) is 5.07. The molecular formula is C19H19N3O4. The van der Waals surface area contributed by atoms with Gasteiger partial charge in [-0.15, -0.1) is 0 Å². The second-order valence-corrected chi connectivity index (χ2v) is 5.40. The Bertz CT molecular complexity index is 963. The van der Waals surface area contributed by atoms with Crippen molar-refractivity contribution >= 4 is 23.0 Å². The van der Waals surface area contributed by atoms with E-state index in [4.69, 9.17) is 14.2 Å². The SMILES string of the molecule is COc1cc(/C=N/NC(=O)c2c[nH]c3ccccc23)c(OC)c(OC)c1. The Morgan fingerprint density at radius 1 is 1.12 bits per heavy atom. The van der Waals surface area contributed by atoms with Crippen LogP contribution >= 0.6 is 0 Å². The number of ether oxygens (including phenoxy) is 3. The zero-order valence-corrected chi connectivity index (χ0v) is 14.7. The van der Waals surface area contributed by atoms with Crippen molar-refractivity contribution in [3.05, 3.63) is 53.7 Å². The normalized spacial score (nSPS) is 10.9. The Labute approximate surface area is 150 Å². The molecule has 0 aliphatic rings. The molecule has 134 valence electrons. The summed E-state index contributed by atoms with van der Waals surface area (Å²) in [6, 6.07) is 11.0. The summed E-state index contributed by atoms with van der Waals surface area (Å²) in [6.07, 6.45) is 3.14. The molecule has 0 fully saturated rings. The first-order chi connectivity index (χ1) is 12.7. The van der Waals surface area contributed by atoms with Gasteiger partial charge in [-0.3, -0.25) is 4.79 Å². The van der Waals surface area contributed by atoms with Crippen LogP contribution in [0.5, 0.6) is 17.2 Å². The number of hydrazone groups is 1. The molecule has 7 heteroatoms. The molecule has 0 saturated heterocycles. The average molecular weight is 353 g/mol. The standard InChI is InChI=1S/C19H19N3O4/c1-24-13-8-12(18(26-3)17(9-13)25-2)10-21-22-19(23)15-11-20-16-7-5-4-6-14(15)16/h4-11,20H,1-3H3,(H,22,23)/b21-10+. The van der Waals surface area contributed by atoms with Crippen molar-refractivity contribution in [2.24, 2.45) is 5.10 Å². The van der Waals surface area contributed by atoms with Gasteiger partial charge in [0, 0.05) is 28.7 Å². The number of fused-ring (bicyclic) bond motifs is 1. The van der Waals surface area contributed by atoms with E-state index in [2.05, 4.69) is 15.5 Å². The smallest absolute Gasteiger partial charge is 0.273 e. The number of nitrogens with one attached hydrogen (secondary N) is 2. The van der Waals surface area contributed by atoms with E-state index in [9.17, 15) is 4.79 Å². The van der Waals surface area contributed by atoms with Crippen molar-refractivity contribution in [3.63, 3.8) is 0 Å². The topological polar surface area (TPSA) is 84.9 Å². The lowest BCUT2D eigenvalue weighted by molar-refractivity contribution is 0.0957. The van der Waals surface area contributed by atoms with Crippen LogP contribution in [0.15, 0.2) is 47.7 Å². The molecule has 3 aromatic rings. The fourth-order valence-electron chi connectivity index (χ4n) is 2.66. The van der Waals surface area contributed by atoms with Gasteiger partial charge in [0.2, 0.25) is 0 Å². The molecule has 26 heavy (non-hydrogen) atoms. The van der Waals surface area contributed by atoms with Crippen LogP contribution in [-0.2, 0) is 0 Å². The van der Waals surface area contributed by atoms with E-state index in [0.29, 0.717) is 28.4 Å². The zero-order chi connectivity index (χ0) is 18.5. The van der Waals surface area contributed by atoms with E-state index < -0.39 is 0 Å². The number of nitrogens with zero attached hydrogens (tertiary/aromatic N) is 1. The van der Waals surface area contributed by atoms with Crippen molar-refractivity contribution in [3.8, 4) is 17.2 Å². The zero-order valence-electron chi connectivity index (χ0n) is 14.7. The molecular weight excluding hydrogens is 334 g/mol. The molecule has 0 aliphatic heterocycles. The van der Waals surface area contributed by atoms with Gasteiger partial charge >= 0.3 is 0 Å². The minimum atomic E-state index is -0.312. The van der Waals surface area contributed by atoms with Crippen LogP contribution in [0.2, 0.25) is 0 Å². The summed E-state index contributed by atoms with van der Waals surface area (Å²) in [4.78, 5) is 15.4. The molecule has 0 bridgehead atoms. The maximum absolute atomic E-state index is 12.4. The van der Waals surface area contributed by atoms with Gasteiger partial charge in [0.1, 0.15) is 5.75 Å². The minimum absolute atomic E-state index is 0.312. The van der Waals surface area contributed by atoms with Gasteiger partial charge in [-0.25, -0.2) is 5.43 Å². The molecule has 2 aromatic carbocycles. The maximum Gasteiger partial charge on any atom is 0.273 e. The van der Waals surface area contributed by atoms with Crippen LogP contribution in [0.25, 0.3) is 10.9 Å². The Morgan fingerprint density at radius 2 is 1.92 bits per heavy atom. The van der Waals surface area contributed by atoms with Crippen LogP contribution in [0.1, 0.15) is 15.9 Å². The number of hydrogen-bond acceptors (Lipinski definition) is 5. The van der Waals surface area contributed by atoms with Crippen LogP contribution in [0, 0.1) is 0 Å². The van der Waals surface area contributed by atoms with E-state index >= 15 is 0 Å². The average Bonchev–Trinajstić information content (AvgIpc) is 3.11. The van der Waals surface area contributed by atoms with Crippen LogP contribution in [-0.4, -0.2) is 38.4 Å². The Hall–Kier alpha value is -3.48. The highest BCUT2D eigenvalue weighted by Gasteiger charge is 2.13. The van der Waals surface area contributed by atoms with Crippen LogP contribution in [0.3, 0.4) is 0 Å². The summed E-state index contributed by atoms with van der Waals surface area (Å²) >= 11 is 0. The van der Waals surface area contributed by atoms with Gasteiger partial charge < -0.3 is 19.2 Å². The van der Waals surface area contributed by atoms with E-state index in [1.165, 1.54) is 20.4 Å². The van der Waals surface area contributed by atoms with Gasteiger partial charge in [0.15, 0.2) is 11.5 Å². The third-order valence-corrected chi connectivity index (χ3v) is 3.92. The highest BCUT2D eigenvalue weighted by Crippen LogP contribution is 2.34. The first kappa shape index (κ1) is 17.3. The molecule has 3 rings (SSSR count). The minimum Gasteiger partial charge on any atom is -0.497 e. The van der Waals surface area contributed by atoms with Crippen LogP contribution < -0.4 is 19.6 Å². The molecule has 1 amide bonds. The molecule has 2 N–H and O–H groups in total. The molecule has 7 nitrogen and oxygen atoms in total. The number of para-hydroxylation sites is 1. The second kappa shape index (κ2) is 7.60. The van der Waals surface area contributed by atoms with Crippen LogP contribution in [0.4, 0.5) is 0 Å². The molecule has 1 heterocycles. The van der Waals surface area contributed by atoms with E-state index in [-0.39, 0.29) is 5.91 Å². The lowest BCUT2D eigenvalue weighted by atomic mass is 10.2. The number of hydrogen-bond donors (Lipinski definition) is 2. The number of carbonyl (C=O) groups excluding carboxylic acids is 1. The number of aromatic amines is 1. The number of methoxy groups -OCH3 is 3. The number of aromatic nitrogens is 1.